The molecule has 1 unspecified atom stereocenters. The fourth-order valence-electron chi connectivity index (χ4n) is 2.98. The van der Waals surface area contributed by atoms with Gasteiger partial charge in [0, 0.05) is 13.7 Å². The van der Waals surface area contributed by atoms with E-state index in [-0.39, 0.29) is 19.0 Å². The number of ether oxygens (including phenoxy) is 3. The molecule has 0 saturated carbocycles. The van der Waals surface area contributed by atoms with E-state index in [1.807, 2.05) is 12.1 Å². The molecular weight excluding hydrogens is 306 g/mol. The van der Waals surface area contributed by atoms with Crippen LogP contribution in [0.5, 0.6) is 0 Å². The highest BCUT2D eigenvalue weighted by atomic mass is 16.7. The second kappa shape index (κ2) is 8.13. The highest BCUT2D eigenvalue weighted by Gasteiger charge is 2.25. The number of amides is 1. The van der Waals surface area contributed by atoms with Crippen molar-refractivity contribution in [2.75, 3.05) is 27.0 Å². The number of piperidine rings is 1. The Balaban J connectivity index is 1.54. The lowest BCUT2D eigenvalue weighted by Gasteiger charge is -2.31. The van der Waals surface area contributed by atoms with E-state index < -0.39 is 0 Å². The van der Waals surface area contributed by atoms with Crippen molar-refractivity contribution in [3.8, 4) is 0 Å². The van der Waals surface area contributed by atoms with E-state index in [1.54, 1.807) is 4.90 Å². The van der Waals surface area contributed by atoms with Crippen LogP contribution < -0.4 is 0 Å². The van der Waals surface area contributed by atoms with Crippen LogP contribution in [0.25, 0.3) is 10.8 Å². The minimum atomic E-state index is -0.337. The van der Waals surface area contributed by atoms with Gasteiger partial charge in [-0.1, -0.05) is 36.4 Å². The van der Waals surface area contributed by atoms with Crippen molar-refractivity contribution in [3.05, 3.63) is 48.0 Å². The average Bonchev–Trinajstić information content (AvgIpc) is 2.64. The number of benzene rings is 2. The molecule has 0 bridgehead atoms. The van der Waals surface area contributed by atoms with Gasteiger partial charge in [0.2, 0.25) is 0 Å². The van der Waals surface area contributed by atoms with Crippen LogP contribution in [0.4, 0.5) is 4.79 Å². The molecule has 1 amide bonds. The van der Waals surface area contributed by atoms with Gasteiger partial charge >= 0.3 is 6.09 Å². The Morgan fingerprint density at radius 2 is 2.04 bits per heavy atom. The van der Waals surface area contributed by atoms with E-state index in [4.69, 9.17) is 14.2 Å². The van der Waals surface area contributed by atoms with E-state index in [0.29, 0.717) is 19.7 Å². The SMILES string of the molecule is COCOC(=O)N1CCCC(OCc2ccc3ccccc3c2)C1. The monoisotopic (exact) mass is 329 g/mol. The van der Waals surface area contributed by atoms with Crippen molar-refractivity contribution in [2.45, 2.75) is 25.6 Å². The maximum atomic E-state index is 11.9. The van der Waals surface area contributed by atoms with Crippen LogP contribution in [0.2, 0.25) is 0 Å². The van der Waals surface area contributed by atoms with Gasteiger partial charge in [-0.2, -0.15) is 0 Å². The van der Waals surface area contributed by atoms with Crippen LogP contribution in [-0.2, 0) is 20.8 Å². The second-order valence-corrected chi connectivity index (χ2v) is 6.02. The number of hydrogen-bond donors (Lipinski definition) is 0. The molecule has 5 nitrogen and oxygen atoms in total. The van der Waals surface area contributed by atoms with Gasteiger partial charge in [-0.05, 0) is 35.2 Å². The van der Waals surface area contributed by atoms with Crippen LogP contribution in [0, 0.1) is 0 Å². The lowest BCUT2D eigenvalue weighted by molar-refractivity contribution is -0.0334. The standard InChI is InChI=1S/C19H23NO4/c1-22-14-24-19(21)20-10-4-7-18(12-20)23-13-15-8-9-16-5-2-3-6-17(16)11-15/h2-3,5-6,8-9,11,18H,4,7,10,12-14H2,1H3. The predicted molar refractivity (Wildman–Crippen MR) is 91.7 cm³/mol. The summed E-state index contributed by atoms with van der Waals surface area (Å²) >= 11 is 0. The third-order valence-electron chi connectivity index (χ3n) is 4.24. The Kier molecular flexibility index (Phi) is 5.67. The average molecular weight is 329 g/mol. The lowest BCUT2D eigenvalue weighted by Crippen LogP contribution is -2.43. The van der Waals surface area contributed by atoms with E-state index in [9.17, 15) is 4.79 Å². The molecule has 2 aromatic rings. The van der Waals surface area contributed by atoms with Crippen LogP contribution in [0.15, 0.2) is 42.5 Å². The van der Waals surface area contributed by atoms with E-state index in [1.165, 1.54) is 17.9 Å². The first-order chi connectivity index (χ1) is 11.8. The molecule has 0 radical (unpaired) electrons. The Labute approximate surface area is 142 Å². The molecular formula is C19H23NO4. The number of rotatable bonds is 5. The highest BCUT2D eigenvalue weighted by Crippen LogP contribution is 2.19. The summed E-state index contributed by atoms with van der Waals surface area (Å²) in [5.74, 6) is 0. The molecule has 3 rings (SSSR count). The lowest BCUT2D eigenvalue weighted by atomic mass is 10.1. The first-order valence-corrected chi connectivity index (χ1v) is 8.26. The molecule has 2 aromatic carbocycles. The summed E-state index contributed by atoms with van der Waals surface area (Å²) in [6, 6.07) is 14.6. The van der Waals surface area contributed by atoms with Crippen LogP contribution in [-0.4, -0.2) is 44.1 Å². The van der Waals surface area contributed by atoms with Crippen LogP contribution in [0.3, 0.4) is 0 Å². The fourth-order valence-corrected chi connectivity index (χ4v) is 2.98. The summed E-state index contributed by atoms with van der Waals surface area (Å²) in [6.45, 7) is 1.81. The summed E-state index contributed by atoms with van der Waals surface area (Å²) in [4.78, 5) is 13.6. The molecule has 128 valence electrons. The van der Waals surface area contributed by atoms with Crippen molar-refractivity contribution >= 4 is 16.9 Å². The molecule has 0 aromatic heterocycles. The normalized spacial score (nSPS) is 17.9. The van der Waals surface area contributed by atoms with E-state index >= 15 is 0 Å². The number of hydrogen-bond acceptors (Lipinski definition) is 4. The molecule has 5 heteroatoms. The van der Waals surface area contributed by atoms with Gasteiger partial charge in [-0.15, -0.1) is 0 Å². The van der Waals surface area contributed by atoms with Gasteiger partial charge in [0.1, 0.15) is 0 Å². The largest absolute Gasteiger partial charge is 0.422 e. The first kappa shape index (κ1) is 16.7. The Morgan fingerprint density at radius 3 is 2.88 bits per heavy atom. The summed E-state index contributed by atoms with van der Waals surface area (Å²) in [5.41, 5.74) is 1.15. The molecule has 1 atom stereocenters. The van der Waals surface area contributed by atoms with Crippen molar-refractivity contribution in [3.63, 3.8) is 0 Å². The van der Waals surface area contributed by atoms with Gasteiger partial charge in [-0.25, -0.2) is 4.79 Å². The third-order valence-corrected chi connectivity index (χ3v) is 4.24. The second-order valence-electron chi connectivity index (χ2n) is 6.02. The van der Waals surface area contributed by atoms with Crippen LogP contribution in [0.1, 0.15) is 18.4 Å². The molecule has 1 fully saturated rings. The number of nitrogens with zero attached hydrogens (tertiary/aromatic N) is 1. The molecule has 1 saturated heterocycles. The molecule has 1 aliphatic rings. The summed E-state index contributed by atoms with van der Waals surface area (Å²) in [7, 11) is 1.50. The predicted octanol–water partition coefficient (Wildman–Crippen LogP) is 3.56. The third kappa shape index (κ3) is 4.24. The van der Waals surface area contributed by atoms with Crippen LogP contribution >= 0.6 is 0 Å². The van der Waals surface area contributed by atoms with Gasteiger partial charge in [-0.3, -0.25) is 0 Å². The summed E-state index contributed by atoms with van der Waals surface area (Å²) < 4.78 is 15.8. The fraction of sp³-hybridized carbons (Fsp3) is 0.421. The van der Waals surface area contributed by atoms with Crippen molar-refractivity contribution < 1.29 is 19.0 Å². The zero-order valence-electron chi connectivity index (χ0n) is 13.9. The quantitative estimate of drug-likeness (QED) is 0.787. The van der Waals surface area contributed by atoms with Gasteiger partial charge < -0.3 is 19.1 Å². The minimum Gasteiger partial charge on any atom is -0.422 e. The van der Waals surface area contributed by atoms with E-state index in [0.717, 1.165) is 18.4 Å². The molecule has 0 N–H and O–H groups in total. The first-order valence-electron chi connectivity index (χ1n) is 8.26. The maximum absolute atomic E-state index is 11.9. The topological polar surface area (TPSA) is 48.0 Å². The maximum Gasteiger partial charge on any atom is 0.411 e. The molecule has 24 heavy (non-hydrogen) atoms. The molecule has 0 spiro atoms. The van der Waals surface area contributed by atoms with E-state index in [2.05, 4.69) is 30.3 Å². The number of methoxy groups -OCH3 is 1. The highest BCUT2D eigenvalue weighted by molar-refractivity contribution is 5.82. The van der Waals surface area contributed by atoms with Crippen molar-refractivity contribution in [2.24, 2.45) is 0 Å². The Hall–Kier alpha value is -2.11. The van der Waals surface area contributed by atoms with Crippen molar-refractivity contribution in [1.29, 1.82) is 0 Å². The van der Waals surface area contributed by atoms with Gasteiger partial charge in [0.05, 0.1) is 19.3 Å². The number of fused-ring (bicyclic) bond motifs is 1. The van der Waals surface area contributed by atoms with Gasteiger partial charge in [0.25, 0.3) is 0 Å². The molecule has 0 aliphatic carbocycles. The molecule has 1 heterocycles. The Morgan fingerprint density at radius 1 is 1.21 bits per heavy atom. The number of likely N-dealkylation sites (tertiary alicyclic amines) is 1. The molecule has 1 aliphatic heterocycles. The summed E-state index contributed by atoms with van der Waals surface area (Å²) in [5, 5.41) is 2.44. The zero-order valence-corrected chi connectivity index (χ0v) is 13.9. The number of carbonyl (C=O) groups excluding carboxylic acids is 1. The minimum absolute atomic E-state index is 0.0159. The number of carbonyl (C=O) groups is 1. The Bertz CT molecular complexity index is 688. The summed E-state index contributed by atoms with van der Waals surface area (Å²) in [6.07, 6.45) is 1.59. The zero-order chi connectivity index (χ0) is 16.8. The van der Waals surface area contributed by atoms with Crippen molar-refractivity contribution in [1.82, 2.24) is 4.90 Å². The van der Waals surface area contributed by atoms with Gasteiger partial charge in [0.15, 0.2) is 6.79 Å². The smallest absolute Gasteiger partial charge is 0.411 e.